The molecular formula is C16H25FN2O2. The third-order valence-electron chi connectivity index (χ3n) is 4.22. The fourth-order valence-corrected chi connectivity index (χ4v) is 2.96. The van der Waals surface area contributed by atoms with E-state index in [1.165, 1.54) is 6.07 Å². The largest absolute Gasteiger partial charge is 0.394 e. The van der Waals surface area contributed by atoms with Crippen molar-refractivity contribution in [3.05, 3.63) is 29.6 Å². The Morgan fingerprint density at radius 3 is 3.00 bits per heavy atom. The van der Waals surface area contributed by atoms with E-state index in [4.69, 9.17) is 4.74 Å². The number of hydrogen-bond donors (Lipinski definition) is 2. The van der Waals surface area contributed by atoms with E-state index >= 15 is 0 Å². The SMILES string of the molecule is COCCNCc1cc(F)ccc1N1CCC(C)C1CO. The highest BCUT2D eigenvalue weighted by molar-refractivity contribution is 5.55. The van der Waals surface area contributed by atoms with Gasteiger partial charge in [-0.25, -0.2) is 4.39 Å². The molecule has 118 valence electrons. The molecule has 1 aliphatic rings. The third-order valence-corrected chi connectivity index (χ3v) is 4.22. The fraction of sp³-hybridized carbons (Fsp3) is 0.625. The summed E-state index contributed by atoms with van der Waals surface area (Å²) in [5.74, 6) is 0.226. The molecule has 1 aliphatic heterocycles. The zero-order chi connectivity index (χ0) is 15.2. The van der Waals surface area contributed by atoms with Crippen molar-refractivity contribution in [3.63, 3.8) is 0 Å². The quantitative estimate of drug-likeness (QED) is 0.753. The Balaban J connectivity index is 2.14. The number of anilines is 1. The van der Waals surface area contributed by atoms with Crippen LogP contribution < -0.4 is 10.2 Å². The molecule has 1 fully saturated rings. The summed E-state index contributed by atoms with van der Waals surface area (Å²) in [6.07, 6.45) is 1.05. The lowest BCUT2D eigenvalue weighted by Gasteiger charge is -2.29. The molecule has 0 amide bonds. The second kappa shape index (κ2) is 7.73. The van der Waals surface area contributed by atoms with Gasteiger partial charge in [0.2, 0.25) is 0 Å². The molecule has 0 spiro atoms. The molecule has 4 nitrogen and oxygen atoms in total. The van der Waals surface area contributed by atoms with Crippen molar-refractivity contribution in [2.45, 2.75) is 25.9 Å². The second-order valence-corrected chi connectivity index (χ2v) is 5.65. The van der Waals surface area contributed by atoms with Gasteiger partial charge in [0.05, 0.1) is 19.3 Å². The summed E-state index contributed by atoms with van der Waals surface area (Å²) in [6, 6.07) is 5.01. The predicted molar refractivity (Wildman–Crippen MR) is 82.0 cm³/mol. The number of benzene rings is 1. The summed E-state index contributed by atoms with van der Waals surface area (Å²) in [6.45, 7) is 5.15. The summed E-state index contributed by atoms with van der Waals surface area (Å²) in [4.78, 5) is 2.21. The highest BCUT2D eigenvalue weighted by Crippen LogP contribution is 2.32. The van der Waals surface area contributed by atoms with Gasteiger partial charge in [-0.2, -0.15) is 0 Å². The van der Waals surface area contributed by atoms with Crippen LogP contribution in [0.25, 0.3) is 0 Å². The number of aliphatic hydroxyl groups is 1. The molecule has 0 saturated carbocycles. The Bertz CT molecular complexity index is 456. The summed E-state index contributed by atoms with van der Waals surface area (Å²) in [5.41, 5.74) is 1.95. The minimum absolute atomic E-state index is 0.119. The summed E-state index contributed by atoms with van der Waals surface area (Å²) < 4.78 is 18.5. The smallest absolute Gasteiger partial charge is 0.123 e. The molecule has 1 aromatic carbocycles. The van der Waals surface area contributed by atoms with Gasteiger partial charge in [0.25, 0.3) is 0 Å². The molecule has 2 N–H and O–H groups in total. The van der Waals surface area contributed by atoms with Crippen molar-refractivity contribution in [1.29, 1.82) is 0 Å². The van der Waals surface area contributed by atoms with Crippen LogP contribution in [-0.4, -0.2) is 44.6 Å². The lowest BCUT2D eigenvalue weighted by Crippen LogP contribution is -2.36. The number of aliphatic hydroxyl groups excluding tert-OH is 1. The first-order chi connectivity index (χ1) is 10.2. The molecule has 0 radical (unpaired) electrons. The maximum absolute atomic E-state index is 13.5. The van der Waals surface area contributed by atoms with Gasteiger partial charge in [0.1, 0.15) is 5.82 Å². The number of nitrogens with one attached hydrogen (secondary N) is 1. The van der Waals surface area contributed by atoms with Crippen molar-refractivity contribution in [1.82, 2.24) is 5.32 Å². The maximum Gasteiger partial charge on any atom is 0.123 e. The molecule has 1 heterocycles. The van der Waals surface area contributed by atoms with E-state index in [0.29, 0.717) is 19.1 Å². The van der Waals surface area contributed by atoms with Gasteiger partial charge in [0, 0.05) is 32.4 Å². The van der Waals surface area contributed by atoms with E-state index in [-0.39, 0.29) is 18.5 Å². The monoisotopic (exact) mass is 296 g/mol. The molecule has 2 rings (SSSR count). The summed E-state index contributed by atoms with van der Waals surface area (Å²) in [7, 11) is 1.66. The van der Waals surface area contributed by atoms with Gasteiger partial charge < -0.3 is 20.1 Å². The van der Waals surface area contributed by atoms with Crippen LogP contribution in [0.15, 0.2) is 18.2 Å². The van der Waals surface area contributed by atoms with Gasteiger partial charge >= 0.3 is 0 Å². The Morgan fingerprint density at radius 1 is 1.48 bits per heavy atom. The van der Waals surface area contributed by atoms with Crippen molar-refractivity contribution in [2.24, 2.45) is 5.92 Å². The highest BCUT2D eigenvalue weighted by Gasteiger charge is 2.31. The first-order valence-electron chi connectivity index (χ1n) is 7.53. The number of ether oxygens (including phenoxy) is 1. The zero-order valence-corrected chi connectivity index (χ0v) is 12.8. The van der Waals surface area contributed by atoms with Crippen LogP contribution >= 0.6 is 0 Å². The predicted octanol–water partition coefficient (Wildman–Crippen LogP) is 1.77. The van der Waals surface area contributed by atoms with Crippen molar-refractivity contribution < 1.29 is 14.2 Å². The van der Waals surface area contributed by atoms with Gasteiger partial charge in [-0.05, 0) is 36.1 Å². The number of halogens is 1. The van der Waals surface area contributed by atoms with Crippen LogP contribution in [0.4, 0.5) is 10.1 Å². The highest BCUT2D eigenvalue weighted by atomic mass is 19.1. The lowest BCUT2D eigenvalue weighted by molar-refractivity contribution is 0.199. The molecule has 5 heteroatoms. The number of methoxy groups -OCH3 is 1. The Labute approximate surface area is 125 Å². The van der Waals surface area contributed by atoms with Crippen molar-refractivity contribution >= 4 is 5.69 Å². The van der Waals surface area contributed by atoms with E-state index in [1.807, 2.05) is 6.07 Å². The van der Waals surface area contributed by atoms with E-state index in [9.17, 15) is 9.50 Å². The Hall–Kier alpha value is -1.17. The average Bonchev–Trinajstić information content (AvgIpc) is 2.84. The Morgan fingerprint density at radius 2 is 2.29 bits per heavy atom. The standard InChI is InChI=1S/C16H25FN2O2/c1-12-5-7-19(16(12)11-20)15-4-3-14(17)9-13(15)10-18-6-8-21-2/h3-4,9,12,16,18,20H,5-8,10-11H2,1-2H3. The van der Waals surface area contributed by atoms with Gasteiger partial charge in [-0.3, -0.25) is 0 Å². The molecule has 21 heavy (non-hydrogen) atoms. The minimum Gasteiger partial charge on any atom is -0.394 e. The van der Waals surface area contributed by atoms with Crippen LogP contribution in [0.5, 0.6) is 0 Å². The summed E-state index contributed by atoms with van der Waals surface area (Å²) >= 11 is 0. The van der Waals surface area contributed by atoms with Crippen LogP contribution in [0.3, 0.4) is 0 Å². The number of nitrogens with zero attached hydrogens (tertiary/aromatic N) is 1. The zero-order valence-electron chi connectivity index (χ0n) is 12.8. The van der Waals surface area contributed by atoms with Crippen molar-refractivity contribution in [2.75, 3.05) is 38.3 Å². The summed E-state index contributed by atoms with van der Waals surface area (Å²) in [5, 5.41) is 12.9. The molecule has 2 atom stereocenters. The molecule has 1 saturated heterocycles. The first-order valence-corrected chi connectivity index (χ1v) is 7.53. The fourth-order valence-electron chi connectivity index (χ4n) is 2.96. The van der Waals surface area contributed by atoms with Crippen molar-refractivity contribution in [3.8, 4) is 0 Å². The third kappa shape index (κ3) is 3.93. The normalized spacial score (nSPS) is 22.0. The van der Waals surface area contributed by atoms with E-state index in [1.54, 1.807) is 13.2 Å². The minimum atomic E-state index is -0.227. The molecule has 1 aromatic rings. The number of hydrogen-bond acceptors (Lipinski definition) is 4. The van der Waals surface area contributed by atoms with Crippen LogP contribution in [0.1, 0.15) is 18.9 Å². The average molecular weight is 296 g/mol. The van der Waals surface area contributed by atoms with Gasteiger partial charge in [0.15, 0.2) is 0 Å². The molecule has 0 aromatic heterocycles. The van der Waals surface area contributed by atoms with Gasteiger partial charge in [-0.15, -0.1) is 0 Å². The van der Waals surface area contributed by atoms with Crippen LogP contribution in [0, 0.1) is 11.7 Å². The van der Waals surface area contributed by atoms with Crippen LogP contribution in [0.2, 0.25) is 0 Å². The Kier molecular flexibility index (Phi) is 5.96. The maximum atomic E-state index is 13.5. The first kappa shape index (κ1) is 16.2. The second-order valence-electron chi connectivity index (χ2n) is 5.65. The topological polar surface area (TPSA) is 44.7 Å². The lowest BCUT2D eigenvalue weighted by atomic mass is 10.0. The molecule has 0 aliphatic carbocycles. The van der Waals surface area contributed by atoms with Gasteiger partial charge in [-0.1, -0.05) is 6.92 Å². The molecular weight excluding hydrogens is 271 g/mol. The van der Waals surface area contributed by atoms with E-state index in [2.05, 4.69) is 17.1 Å². The molecule has 2 unspecified atom stereocenters. The van der Waals surface area contributed by atoms with Crippen LogP contribution in [-0.2, 0) is 11.3 Å². The number of rotatable bonds is 7. The molecule has 0 bridgehead atoms. The van der Waals surface area contributed by atoms with E-state index < -0.39 is 0 Å². The van der Waals surface area contributed by atoms with E-state index in [0.717, 1.165) is 30.8 Å².